The summed E-state index contributed by atoms with van der Waals surface area (Å²) < 4.78 is 11.4. The van der Waals surface area contributed by atoms with Crippen LogP contribution in [0.3, 0.4) is 0 Å². The summed E-state index contributed by atoms with van der Waals surface area (Å²) in [5, 5.41) is 17.9. The molecule has 1 aromatic rings. The van der Waals surface area contributed by atoms with Gasteiger partial charge in [0.1, 0.15) is 6.07 Å². The van der Waals surface area contributed by atoms with Crippen molar-refractivity contribution in [2.45, 2.75) is 38.0 Å². The first kappa shape index (κ1) is 14.7. The van der Waals surface area contributed by atoms with E-state index in [2.05, 4.69) is 33.0 Å². The van der Waals surface area contributed by atoms with E-state index in [1.165, 1.54) is 0 Å². The fourth-order valence-electron chi connectivity index (χ4n) is 3.71. The van der Waals surface area contributed by atoms with E-state index in [9.17, 15) is 5.26 Å². The Balaban J connectivity index is 1.64. The van der Waals surface area contributed by atoms with Gasteiger partial charge < -0.3 is 19.3 Å². The zero-order chi connectivity index (χ0) is 15.8. The number of ether oxygens (including phenoxy) is 2. The molecule has 4 heterocycles. The molecule has 0 N–H and O–H groups in total. The molecule has 7 nitrogen and oxygen atoms in total. The van der Waals surface area contributed by atoms with Gasteiger partial charge in [-0.1, -0.05) is 0 Å². The summed E-state index contributed by atoms with van der Waals surface area (Å²) in [5.74, 6) is 0.845. The first-order chi connectivity index (χ1) is 11.2. The molecule has 3 aliphatic heterocycles. The van der Waals surface area contributed by atoms with Crippen molar-refractivity contribution in [2.75, 3.05) is 42.6 Å². The summed E-state index contributed by atoms with van der Waals surface area (Å²) in [6.07, 6.45) is 2.85. The van der Waals surface area contributed by atoms with Crippen molar-refractivity contribution in [1.29, 1.82) is 5.26 Å². The SMILES string of the molecule is C[C@@H]1COCCN1c1cc(N2CC3CCC(C2)O3)nnc1C#N. The monoisotopic (exact) mass is 315 g/mol. The molecule has 3 atom stereocenters. The molecule has 4 rings (SSSR count). The summed E-state index contributed by atoms with van der Waals surface area (Å²) in [6, 6.07) is 4.42. The number of rotatable bonds is 2. The number of fused-ring (bicyclic) bond motifs is 2. The van der Waals surface area contributed by atoms with E-state index in [4.69, 9.17) is 9.47 Å². The Labute approximate surface area is 135 Å². The maximum absolute atomic E-state index is 9.39. The largest absolute Gasteiger partial charge is 0.377 e. The quantitative estimate of drug-likeness (QED) is 0.804. The summed E-state index contributed by atoms with van der Waals surface area (Å²) in [6.45, 7) is 5.94. The van der Waals surface area contributed by atoms with E-state index >= 15 is 0 Å². The lowest BCUT2D eigenvalue weighted by Gasteiger charge is -2.36. The van der Waals surface area contributed by atoms with Crippen LogP contribution in [-0.2, 0) is 9.47 Å². The minimum absolute atomic E-state index is 0.230. The lowest BCUT2D eigenvalue weighted by molar-refractivity contribution is 0.0301. The molecule has 0 spiro atoms. The second-order valence-corrected chi connectivity index (χ2v) is 6.53. The van der Waals surface area contributed by atoms with Crippen LogP contribution in [0.25, 0.3) is 0 Å². The zero-order valence-electron chi connectivity index (χ0n) is 13.3. The van der Waals surface area contributed by atoms with E-state index in [1.54, 1.807) is 0 Å². The van der Waals surface area contributed by atoms with Crippen molar-refractivity contribution in [3.05, 3.63) is 11.8 Å². The highest BCUT2D eigenvalue weighted by atomic mass is 16.5. The smallest absolute Gasteiger partial charge is 0.186 e. The number of hydrogen-bond acceptors (Lipinski definition) is 7. The molecule has 0 amide bonds. The lowest BCUT2D eigenvalue weighted by Crippen LogP contribution is -2.45. The molecule has 3 fully saturated rings. The molecule has 0 aromatic carbocycles. The van der Waals surface area contributed by atoms with Gasteiger partial charge in [0.05, 0.1) is 31.1 Å². The average Bonchev–Trinajstić information content (AvgIpc) is 2.93. The third-order valence-corrected chi connectivity index (χ3v) is 4.91. The van der Waals surface area contributed by atoms with Gasteiger partial charge in [-0.25, -0.2) is 0 Å². The van der Waals surface area contributed by atoms with Gasteiger partial charge in [-0.05, 0) is 19.8 Å². The predicted molar refractivity (Wildman–Crippen MR) is 84.5 cm³/mol. The maximum atomic E-state index is 9.39. The highest BCUT2D eigenvalue weighted by molar-refractivity contribution is 5.62. The van der Waals surface area contributed by atoms with Gasteiger partial charge in [0.2, 0.25) is 0 Å². The normalized spacial score (nSPS) is 30.3. The Hall–Kier alpha value is -1.91. The van der Waals surface area contributed by atoms with E-state index < -0.39 is 0 Å². The first-order valence-corrected chi connectivity index (χ1v) is 8.27. The molecule has 23 heavy (non-hydrogen) atoms. The molecule has 2 bridgehead atoms. The Kier molecular flexibility index (Phi) is 3.79. The Morgan fingerprint density at radius 1 is 1.26 bits per heavy atom. The van der Waals surface area contributed by atoms with E-state index in [0.717, 1.165) is 44.0 Å². The number of morpholine rings is 2. The van der Waals surface area contributed by atoms with Crippen LogP contribution in [0.5, 0.6) is 0 Å². The predicted octanol–water partition coefficient (Wildman–Crippen LogP) is 0.941. The van der Waals surface area contributed by atoms with Crippen molar-refractivity contribution in [1.82, 2.24) is 10.2 Å². The van der Waals surface area contributed by atoms with Gasteiger partial charge in [-0.3, -0.25) is 0 Å². The molecule has 3 saturated heterocycles. The van der Waals surface area contributed by atoms with E-state index in [0.29, 0.717) is 31.1 Å². The molecular weight excluding hydrogens is 294 g/mol. The molecule has 122 valence electrons. The molecule has 1 aromatic heterocycles. The van der Waals surface area contributed by atoms with Gasteiger partial charge in [0.15, 0.2) is 11.5 Å². The molecule has 2 unspecified atom stereocenters. The number of nitrogens with zero attached hydrogens (tertiary/aromatic N) is 5. The molecular formula is C16H21N5O2. The fourth-order valence-corrected chi connectivity index (χ4v) is 3.71. The van der Waals surface area contributed by atoms with Crippen LogP contribution < -0.4 is 9.80 Å². The van der Waals surface area contributed by atoms with Crippen LogP contribution >= 0.6 is 0 Å². The van der Waals surface area contributed by atoms with Crippen LogP contribution in [0.2, 0.25) is 0 Å². The third-order valence-electron chi connectivity index (χ3n) is 4.91. The molecule has 3 aliphatic rings. The highest BCUT2D eigenvalue weighted by Gasteiger charge is 2.35. The van der Waals surface area contributed by atoms with Gasteiger partial charge >= 0.3 is 0 Å². The summed E-state index contributed by atoms with van der Waals surface area (Å²) in [7, 11) is 0. The summed E-state index contributed by atoms with van der Waals surface area (Å²) in [4.78, 5) is 4.45. The van der Waals surface area contributed by atoms with Gasteiger partial charge in [-0.2, -0.15) is 5.26 Å². The third kappa shape index (κ3) is 2.73. The van der Waals surface area contributed by atoms with Crippen LogP contribution in [0.4, 0.5) is 11.5 Å². The van der Waals surface area contributed by atoms with Gasteiger partial charge in [-0.15, -0.1) is 10.2 Å². The minimum atomic E-state index is 0.230. The van der Waals surface area contributed by atoms with E-state index in [-0.39, 0.29) is 6.04 Å². The number of hydrogen-bond donors (Lipinski definition) is 0. The maximum Gasteiger partial charge on any atom is 0.186 e. The molecule has 0 radical (unpaired) electrons. The number of nitriles is 1. The Bertz CT molecular complexity index is 619. The molecule has 0 aliphatic carbocycles. The minimum Gasteiger partial charge on any atom is -0.377 e. The molecule has 0 saturated carbocycles. The van der Waals surface area contributed by atoms with Crippen LogP contribution in [0.15, 0.2) is 6.07 Å². The highest BCUT2D eigenvalue weighted by Crippen LogP contribution is 2.31. The van der Waals surface area contributed by atoms with Gasteiger partial charge in [0.25, 0.3) is 0 Å². The van der Waals surface area contributed by atoms with Crippen LogP contribution in [0.1, 0.15) is 25.5 Å². The Morgan fingerprint density at radius 2 is 2.04 bits per heavy atom. The van der Waals surface area contributed by atoms with Crippen LogP contribution in [0, 0.1) is 11.3 Å². The summed E-state index contributed by atoms with van der Waals surface area (Å²) >= 11 is 0. The standard InChI is InChI=1S/C16H21N5O2/c1-11-10-22-5-4-21(11)15-6-16(19-18-14(15)7-17)20-8-12-2-3-13(9-20)23-12/h6,11-13H,2-5,8-10H2,1H3/t11-,12?,13?/m1/s1. The zero-order valence-corrected chi connectivity index (χ0v) is 13.3. The van der Waals surface area contributed by atoms with Crippen molar-refractivity contribution in [3.63, 3.8) is 0 Å². The van der Waals surface area contributed by atoms with Gasteiger partial charge in [0, 0.05) is 31.7 Å². The Morgan fingerprint density at radius 3 is 2.74 bits per heavy atom. The summed E-state index contributed by atoms with van der Waals surface area (Å²) in [5.41, 5.74) is 1.26. The van der Waals surface area contributed by atoms with Crippen LogP contribution in [-0.4, -0.2) is 61.3 Å². The number of aromatic nitrogens is 2. The second-order valence-electron chi connectivity index (χ2n) is 6.53. The topological polar surface area (TPSA) is 74.5 Å². The van der Waals surface area contributed by atoms with Crippen molar-refractivity contribution >= 4 is 11.5 Å². The van der Waals surface area contributed by atoms with E-state index in [1.807, 2.05) is 6.07 Å². The van der Waals surface area contributed by atoms with Crippen molar-refractivity contribution in [3.8, 4) is 6.07 Å². The van der Waals surface area contributed by atoms with Crippen molar-refractivity contribution in [2.24, 2.45) is 0 Å². The number of anilines is 2. The first-order valence-electron chi connectivity index (χ1n) is 8.27. The lowest BCUT2D eigenvalue weighted by atomic mass is 10.2. The second kappa shape index (κ2) is 5.95. The van der Waals surface area contributed by atoms with Crippen molar-refractivity contribution < 1.29 is 9.47 Å². The fraction of sp³-hybridized carbons (Fsp3) is 0.688. The molecule has 7 heteroatoms. The average molecular weight is 315 g/mol.